The standard InChI is InChI=1S/C16H17FN2O3/c1-21-9-10-22-13-6-4-5-12(11-13)18-16(20)19-15-8-3-2-7-14(15)17/h2-8,11H,9-10H2,1H3,(H2,18,19,20). The molecule has 0 aliphatic rings. The first kappa shape index (κ1) is 15.8. The molecule has 2 amide bonds. The molecule has 6 heteroatoms. The minimum atomic E-state index is -0.529. The highest BCUT2D eigenvalue weighted by Crippen LogP contribution is 2.18. The molecule has 0 atom stereocenters. The van der Waals surface area contributed by atoms with Gasteiger partial charge in [-0.15, -0.1) is 0 Å². The summed E-state index contributed by atoms with van der Waals surface area (Å²) in [7, 11) is 1.59. The Hall–Kier alpha value is -2.60. The number of methoxy groups -OCH3 is 1. The van der Waals surface area contributed by atoms with Crippen LogP contribution in [-0.2, 0) is 4.74 Å². The molecule has 0 aromatic heterocycles. The number of para-hydroxylation sites is 1. The molecule has 2 N–H and O–H groups in total. The zero-order valence-electron chi connectivity index (χ0n) is 12.1. The van der Waals surface area contributed by atoms with Gasteiger partial charge < -0.3 is 20.1 Å². The van der Waals surface area contributed by atoms with Crippen molar-refractivity contribution in [3.05, 3.63) is 54.3 Å². The fourth-order valence-corrected chi connectivity index (χ4v) is 1.75. The van der Waals surface area contributed by atoms with Crippen LogP contribution >= 0.6 is 0 Å². The number of carbonyl (C=O) groups is 1. The van der Waals surface area contributed by atoms with Crippen LogP contribution < -0.4 is 15.4 Å². The van der Waals surface area contributed by atoms with E-state index in [2.05, 4.69) is 10.6 Å². The number of benzene rings is 2. The lowest BCUT2D eigenvalue weighted by molar-refractivity contribution is 0.146. The highest BCUT2D eigenvalue weighted by molar-refractivity contribution is 5.99. The Morgan fingerprint density at radius 3 is 2.68 bits per heavy atom. The van der Waals surface area contributed by atoms with Gasteiger partial charge in [-0.2, -0.15) is 0 Å². The zero-order chi connectivity index (χ0) is 15.8. The molecule has 2 aromatic carbocycles. The fraction of sp³-hybridized carbons (Fsp3) is 0.188. The van der Waals surface area contributed by atoms with Gasteiger partial charge in [0.2, 0.25) is 0 Å². The Bertz CT molecular complexity index is 634. The van der Waals surface area contributed by atoms with Crippen molar-refractivity contribution in [1.29, 1.82) is 0 Å². The van der Waals surface area contributed by atoms with Gasteiger partial charge in [-0.1, -0.05) is 18.2 Å². The van der Waals surface area contributed by atoms with E-state index in [9.17, 15) is 9.18 Å². The molecule has 0 heterocycles. The number of rotatable bonds is 6. The van der Waals surface area contributed by atoms with Crippen LogP contribution in [0.3, 0.4) is 0 Å². The molecule has 0 unspecified atom stereocenters. The molecule has 0 spiro atoms. The predicted octanol–water partition coefficient (Wildman–Crippen LogP) is 3.49. The van der Waals surface area contributed by atoms with Crippen molar-refractivity contribution < 1.29 is 18.7 Å². The smallest absolute Gasteiger partial charge is 0.323 e. The first-order valence-electron chi connectivity index (χ1n) is 6.73. The van der Waals surface area contributed by atoms with Crippen molar-refractivity contribution in [3.63, 3.8) is 0 Å². The van der Waals surface area contributed by atoms with Crippen LogP contribution in [0.25, 0.3) is 0 Å². The van der Waals surface area contributed by atoms with Crippen molar-refractivity contribution in [2.45, 2.75) is 0 Å². The second-order valence-electron chi connectivity index (χ2n) is 4.43. The number of carbonyl (C=O) groups excluding carboxylic acids is 1. The van der Waals surface area contributed by atoms with Gasteiger partial charge in [-0.3, -0.25) is 0 Å². The van der Waals surface area contributed by atoms with E-state index in [0.29, 0.717) is 24.7 Å². The van der Waals surface area contributed by atoms with Crippen LogP contribution in [0.15, 0.2) is 48.5 Å². The summed E-state index contributed by atoms with van der Waals surface area (Å²) in [4.78, 5) is 11.9. The summed E-state index contributed by atoms with van der Waals surface area (Å²) >= 11 is 0. The molecule has 0 saturated heterocycles. The molecule has 2 aromatic rings. The molecule has 0 fully saturated rings. The molecule has 0 aliphatic carbocycles. The number of urea groups is 1. The van der Waals surface area contributed by atoms with Gasteiger partial charge in [0.1, 0.15) is 18.2 Å². The van der Waals surface area contributed by atoms with Gasteiger partial charge in [0.25, 0.3) is 0 Å². The third kappa shape index (κ3) is 4.75. The molecular formula is C16H17FN2O3. The van der Waals surface area contributed by atoms with Crippen LogP contribution in [0, 0.1) is 5.82 Å². The number of amides is 2. The first-order valence-corrected chi connectivity index (χ1v) is 6.73. The average Bonchev–Trinajstić information content (AvgIpc) is 2.50. The van der Waals surface area contributed by atoms with Crippen molar-refractivity contribution in [1.82, 2.24) is 0 Å². The molecule has 0 bridgehead atoms. The van der Waals surface area contributed by atoms with Crippen molar-refractivity contribution in [2.75, 3.05) is 31.0 Å². The zero-order valence-corrected chi connectivity index (χ0v) is 12.1. The highest BCUT2D eigenvalue weighted by Gasteiger charge is 2.06. The van der Waals surface area contributed by atoms with Gasteiger partial charge in [-0.05, 0) is 24.3 Å². The topological polar surface area (TPSA) is 59.6 Å². The average molecular weight is 304 g/mol. The third-order valence-corrected chi connectivity index (χ3v) is 2.77. The highest BCUT2D eigenvalue weighted by atomic mass is 19.1. The maximum Gasteiger partial charge on any atom is 0.323 e. The quantitative estimate of drug-likeness (QED) is 0.803. The summed E-state index contributed by atoms with van der Waals surface area (Å²) in [6.45, 7) is 0.896. The summed E-state index contributed by atoms with van der Waals surface area (Å²) in [6.07, 6.45) is 0. The van der Waals surface area contributed by atoms with E-state index in [1.165, 1.54) is 12.1 Å². The minimum Gasteiger partial charge on any atom is -0.491 e. The van der Waals surface area contributed by atoms with E-state index in [1.54, 1.807) is 43.5 Å². The summed E-state index contributed by atoms with van der Waals surface area (Å²) in [5, 5.41) is 5.07. The van der Waals surface area contributed by atoms with E-state index in [1.807, 2.05) is 0 Å². The summed E-state index contributed by atoms with van der Waals surface area (Å²) < 4.78 is 23.8. The number of anilines is 2. The summed E-state index contributed by atoms with van der Waals surface area (Å²) in [5.41, 5.74) is 0.663. The minimum absolute atomic E-state index is 0.118. The number of nitrogens with one attached hydrogen (secondary N) is 2. The Morgan fingerprint density at radius 2 is 1.91 bits per heavy atom. The maximum absolute atomic E-state index is 13.5. The lowest BCUT2D eigenvalue weighted by atomic mass is 10.3. The van der Waals surface area contributed by atoms with Crippen molar-refractivity contribution in [2.24, 2.45) is 0 Å². The second-order valence-corrected chi connectivity index (χ2v) is 4.43. The second kappa shape index (κ2) is 7.99. The van der Waals surface area contributed by atoms with Gasteiger partial charge in [0.05, 0.1) is 12.3 Å². The van der Waals surface area contributed by atoms with Gasteiger partial charge in [0, 0.05) is 18.9 Å². The van der Waals surface area contributed by atoms with Crippen molar-refractivity contribution in [3.8, 4) is 5.75 Å². The SMILES string of the molecule is COCCOc1cccc(NC(=O)Nc2ccccc2F)c1. The maximum atomic E-state index is 13.5. The Kier molecular flexibility index (Phi) is 5.73. The van der Waals surface area contributed by atoms with Crippen LogP contribution in [0.4, 0.5) is 20.6 Å². The molecular weight excluding hydrogens is 287 g/mol. The van der Waals surface area contributed by atoms with E-state index in [-0.39, 0.29) is 5.69 Å². The monoisotopic (exact) mass is 304 g/mol. The largest absolute Gasteiger partial charge is 0.491 e. The molecule has 0 saturated carbocycles. The third-order valence-electron chi connectivity index (χ3n) is 2.77. The van der Waals surface area contributed by atoms with Gasteiger partial charge >= 0.3 is 6.03 Å². The molecule has 2 rings (SSSR count). The molecule has 0 radical (unpaired) electrons. The molecule has 116 valence electrons. The Labute approximate surface area is 128 Å². The lowest BCUT2D eigenvalue weighted by Gasteiger charge is -2.10. The van der Waals surface area contributed by atoms with Crippen LogP contribution in [0.2, 0.25) is 0 Å². The Balaban J connectivity index is 1.94. The number of ether oxygens (including phenoxy) is 2. The van der Waals surface area contributed by atoms with Crippen LogP contribution in [0.5, 0.6) is 5.75 Å². The van der Waals surface area contributed by atoms with E-state index >= 15 is 0 Å². The van der Waals surface area contributed by atoms with Crippen molar-refractivity contribution >= 4 is 17.4 Å². The number of halogens is 1. The van der Waals surface area contributed by atoms with E-state index in [0.717, 1.165) is 0 Å². The van der Waals surface area contributed by atoms with Gasteiger partial charge in [0.15, 0.2) is 0 Å². The lowest BCUT2D eigenvalue weighted by Crippen LogP contribution is -2.20. The normalized spacial score (nSPS) is 10.1. The first-order chi connectivity index (χ1) is 10.7. The van der Waals surface area contributed by atoms with Crippen LogP contribution in [-0.4, -0.2) is 26.4 Å². The summed E-state index contributed by atoms with van der Waals surface area (Å²) in [6, 6.07) is 12.3. The molecule has 22 heavy (non-hydrogen) atoms. The Morgan fingerprint density at radius 1 is 1.09 bits per heavy atom. The van der Waals surface area contributed by atoms with Crippen LogP contribution in [0.1, 0.15) is 0 Å². The van der Waals surface area contributed by atoms with E-state index < -0.39 is 11.8 Å². The molecule has 5 nitrogen and oxygen atoms in total. The predicted molar refractivity (Wildman–Crippen MR) is 82.9 cm³/mol. The number of hydrogen-bond acceptors (Lipinski definition) is 3. The molecule has 0 aliphatic heterocycles. The van der Waals surface area contributed by atoms with E-state index in [4.69, 9.17) is 9.47 Å². The fourth-order valence-electron chi connectivity index (χ4n) is 1.75. The van der Waals surface area contributed by atoms with Gasteiger partial charge in [-0.25, -0.2) is 9.18 Å². The summed E-state index contributed by atoms with van der Waals surface area (Å²) in [5.74, 6) is 0.120. The number of hydrogen-bond donors (Lipinski definition) is 2.